The van der Waals surface area contributed by atoms with Crippen LogP contribution < -0.4 is 0 Å². The van der Waals surface area contributed by atoms with Gasteiger partial charge < -0.3 is 14.2 Å². The number of hydrogen-bond acceptors (Lipinski definition) is 4. The Bertz CT molecular complexity index is 803. The Labute approximate surface area is 148 Å². The molecule has 1 unspecified atom stereocenters. The second-order valence-electron chi connectivity index (χ2n) is 7.11. The molecule has 3 rings (SSSR count). The maximum Gasteiger partial charge on any atom is 0.410 e. The predicted octanol–water partition coefficient (Wildman–Crippen LogP) is 3.90. The molecule has 3 heterocycles. The molecular weight excluding hydrogens is 354 g/mol. The van der Waals surface area contributed by atoms with Crippen molar-refractivity contribution in [3.63, 3.8) is 0 Å². The molecule has 0 spiro atoms. The van der Waals surface area contributed by atoms with Gasteiger partial charge in [0.05, 0.1) is 6.54 Å². The molecule has 1 saturated heterocycles. The molecule has 0 radical (unpaired) electrons. The molecule has 6 nitrogen and oxygen atoms in total. The Balaban J connectivity index is 1.83. The minimum absolute atomic E-state index is 0.00181. The Morgan fingerprint density at radius 2 is 2.16 bits per heavy atom. The summed E-state index contributed by atoms with van der Waals surface area (Å²) in [6, 6.07) is 0.553. The van der Waals surface area contributed by atoms with Crippen LogP contribution >= 0.6 is 11.6 Å². The zero-order chi connectivity index (χ0) is 18.4. The molecule has 1 aliphatic heterocycles. The van der Waals surface area contributed by atoms with E-state index in [0.29, 0.717) is 11.0 Å². The number of piperidine rings is 1. The van der Waals surface area contributed by atoms with Crippen molar-refractivity contribution in [2.45, 2.75) is 44.8 Å². The maximum absolute atomic E-state index is 14.8. The highest BCUT2D eigenvalue weighted by molar-refractivity contribution is 6.28. The van der Waals surface area contributed by atoms with E-state index < -0.39 is 30.2 Å². The number of amides is 1. The quantitative estimate of drug-likeness (QED) is 0.712. The largest absolute Gasteiger partial charge is 0.444 e. The van der Waals surface area contributed by atoms with Crippen molar-refractivity contribution in [2.75, 3.05) is 13.1 Å². The maximum atomic E-state index is 14.8. The van der Waals surface area contributed by atoms with E-state index in [1.165, 1.54) is 10.8 Å². The van der Waals surface area contributed by atoms with Crippen molar-refractivity contribution in [3.05, 3.63) is 23.7 Å². The van der Waals surface area contributed by atoms with E-state index in [0.717, 1.165) is 4.90 Å². The fourth-order valence-electron chi connectivity index (χ4n) is 2.92. The first-order valence-corrected chi connectivity index (χ1v) is 8.29. The molecule has 0 N–H and O–H groups in total. The lowest BCUT2D eigenvalue weighted by Gasteiger charge is -2.39. The highest BCUT2D eigenvalue weighted by Crippen LogP contribution is 2.38. The Morgan fingerprint density at radius 1 is 1.44 bits per heavy atom. The number of likely N-dealkylation sites (tertiary alicyclic amines) is 1. The second-order valence-corrected chi connectivity index (χ2v) is 7.45. The van der Waals surface area contributed by atoms with E-state index >= 15 is 0 Å². The standard InChI is InChI=1S/C16H19ClF2N4O2/c1-15(2,3)25-14(24)22-6-5-11(16(18,19)9-22)23-7-4-10-8-20-13(17)21-12(10)23/h4,7-8,11H,5-6,9H2,1-3H3. The van der Waals surface area contributed by atoms with Gasteiger partial charge in [0, 0.05) is 24.3 Å². The average molecular weight is 373 g/mol. The fourth-order valence-corrected chi connectivity index (χ4v) is 3.05. The van der Waals surface area contributed by atoms with E-state index in [4.69, 9.17) is 16.3 Å². The van der Waals surface area contributed by atoms with Crippen LogP contribution in [0.3, 0.4) is 0 Å². The first kappa shape index (κ1) is 17.8. The third-order valence-electron chi connectivity index (χ3n) is 3.97. The monoisotopic (exact) mass is 372 g/mol. The van der Waals surface area contributed by atoms with Crippen molar-refractivity contribution < 1.29 is 18.3 Å². The molecule has 25 heavy (non-hydrogen) atoms. The molecule has 2 aromatic heterocycles. The summed E-state index contributed by atoms with van der Waals surface area (Å²) in [7, 11) is 0. The van der Waals surface area contributed by atoms with Crippen LogP contribution in [0.4, 0.5) is 13.6 Å². The molecule has 1 fully saturated rings. The number of rotatable bonds is 1. The first-order valence-electron chi connectivity index (χ1n) is 7.92. The van der Waals surface area contributed by atoms with Gasteiger partial charge in [-0.05, 0) is 44.9 Å². The average Bonchev–Trinajstić information content (AvgIpc) is 2.87. The minimum atomic E-state index is -3.13. The van der Waals surface area contributed by atoms with Gasteiger partial charge in [0.1, 0.15) is 17.3 Å². The lowest BCUT2D eigenvalue weighted by Crippen LogP contribution is -2.52. The van der Waals surface area contributed by atoms with Crippen LogP contribution in [0.25, 0.3) is 11.0 Å². The Hall–Kier alpha value is -1.96. The molecule has 0 aromatic carbocycles. The zero-order valence-corrected chi connectivity index (χ0v) is 14.9. The predicted molar refractivity (Wildman–Crippen MR) is 88.9 cm³/mol. The number of alkyl halides is 2. The molecule has 1 aliphatic rings. The van der Waals surface area contributed by atoms with E-state index in [2.05, 4.69) is 9.97 Å². The van der Waals surface area contributed by atoms with Gasteiger partial charge in [-0.3, -0.25) is 0 Å². The lowest BCUT2D eigenvalue weighted by atomic mass is 10.0. The first-order chi connectivity index (χ1) is 11.6. The normalized spacial score (nSPS) is 20.7. The van der Waals surface area contributed by atoms with Crippen molar-refractivity contribution in [1.82, 2.24) is 19.4 Å². The summed E-state index contributed by atoms with van der Waals surface area (Å²) in [6.45, 7) is 4.57. The lowest BCUT2D eigenvalue weighted by molar-refractivity contribution is -0.102. The third-order valence-corrected chi connectivity index (χ3v) is 4.16. The minimum Gasteiger partial charge on any atom is -0.444 e. The molecule has 9 heteroatoms. The van der Waals surface area contributed by atoms with Crippen LogP contribution in [0.1, 0.15) is 33.2 Å². The fraction of sp³-hybridized carbons (Fsp3) is 0.562. The zero-order valence-electron chi connectivity index (χ0n) is 14.2. The molecule has 1 amide bonds. The van der Waals surface area contributed by atoms with Gasteiger partial charge in [-0.25, -0.2) is 18.6 Å². The van der Waals surface area contributed by atoms with Crippen molar-refractivity contribution in [1.29, 1.82) is 0 Å². The molecule has 0 saturated carbocycles. The van der Waals surface area contributed by atoms with E-state index in [1.54, 1.807) is 33.0 Å². The SMILES string of the molecule is CC(C)(C)OC(=O)N1CCC(n2ccc3cnc(Cl)nc32)C(F)(F)C1. The summed E-state index contributed by atoms with van der Waals surface area (Å²) >= 11 is 5.79. The number of ether oxygens (including phenoxy) is 1. The summed E-state index contributed by atoms with van der Waals surface area (Å²) in [5.74, 6) is -3.13. The van der Waals surface area contributed by atoms with Crippen molar-refractivity contribution in [2.24, 2.45) is 0 Å². The highest BCUT2D eigenvalue weighted by Gasteiger charge is 2.48. The number of carbonyl (C=O) groups excluding carboxylic acids is 1. The topological polar surface area (TPSA) is 60.2 Å². The molecule has 1 atom stereocenters. The number of fused-ring (bicyclic) bond motifs is 1. The van der Waals surface area contributed by atoms with Crippen molar-refractivity contribution in [3.8, 4) is 0 Å². The Kier molecular flexibility index (Phi) is 4.35. The summed E-state index contributed by atoms with van der Waals surface area (Å²) in [5.41, 5.74) is -0.372. The number of halogens is 3. The van der Waals surface area contributed by atoms with Crippen LogP contribution in [0.5, 0.6) is 0 Å². The molecule has 2 aromatic rings. The van der Waals surface area contributed by atoms with Gasteiger partial charge >= 0.3 is 6.09 Å². The van der Waals surface area contributed by atoms with E-state index in [1.807, 2.05) is 0 Å². The van der Waals surface area contributed by atoms with Gasteiger partial charge in [0.2, 0.25) is 5.28 Å². The smallest absolute Gasteiger partial charge is 0.410 e. The Morgan fingerprint density at radius 3 is 2.80 bits per heavy atom. The van der Waals surface area contributed by atoms with Crippen LogP contribution in [-0.4, -0.2) is 50.1 Å². The van der Waals surface area contributed by atoms with E-state index in [9.17, 15) is 13.6 Å². The third kappa shape index (κ3) is 3.68. The van der Waals surface area contributed by atoms with Crippen LogP contribution in [0.15, 0.2) is 18.5 Å². The van der Waals surface area contributed by atoms with E-state index in [-0.39, 0.29) is 18.2 Å². The molecule has 0 aliphatic carbocycles. The summed E-state index contributed by atoms with van der Waals surface area (Å²) in [6.07, 6.45) is 2.40. The van der Waals surface area contributed by atoms with Gasteiger partial charge in [0.25, 0.3) is 5.92 Å². The van der Waals surface area contributed by atoms with Crippen LogP contribution in [-0.2, 0) is 4.74 Å². The van der Waals surface area contributed by atoms with Gasteiger partial charge in [-0.1, -0.05) is 0 Å². The van der Waals surface area contributed by atoms with Crippen LogP contribution in [0, 0.1) is 0 Å². The number of nitrogens with zero attached hydrogens (tertiary/aromatic N) is 4. The summed E-state index contributed by atoms with van der Waals surface area (Å²) in [4.78, 5) is 21.0. The highest BCUT2D eigenvalue weighted by atomic mass is 35.5. The number of carbonyl (C=O) groups is 1. The second kappa shape index (κ2) is 6.09. The van der Waals surface area contributed by atoms with Gasteiger partial charge in [0.15, 0.2) is 0 Å². The molecular formula is C16H19ClF2N4O2. The van der Waals surface area contributed by atoms with Crippen molar-refractivity contribution >= 4 is 28.7 Å². The summed E-state index contributed by atoms with van der Waals surface area (Å²) in [5, 5.41) is 0.636. The van der Waals surface area contributed by atoms with Gasteiger partial charge in [-0.15, -0.1) is 0 Å². The molecule has 136 valence electrons. The number of hydrogen-bond donors (Lipinski definition) is 0. The van der Waals surface area contributed by atoms with Gasteiger partial charge in [-0.2, -0.15) is 4.98 Å². The van der Waals surface area contributed by atoms with Crippen LogP contribution in [0.2, 0.25) is 5.28 Å². The summed E-state index contributed by atoms with van der Waals surface area (Å²) < 4.78 is 36.1. The molecule has 0 bridgehead atoms. The number of aromatic nitrogens is 3.